The van der Waals surface area contributed by atoms with Crippen molar-refractivity contribution in [3.05, 3.63) is 0 Å². The summed E-state index contributed by atoms with van der Waals surface area (Å²) in [4.78, 5) is 10.5. The van der Waals surface area contributed by atoms with Gasteiger partial charge in [0, 0.05) is 0 Å². The van der Waals surface area contributed by atoms with E-state index in [2.05, 4.69) is 5.32 Å². The monoisotopic (exact) mass is 209 g/mol. The van der Waals surface area contributed by atoms with Crippen molar-refractivity contribution in [1.82, 2.24) is 5.32 Å². The van der Waals surface area contributed by atoms with E-state index in [9.17, 15) is 13.2 Å². The largest absolute Gasteiger partial charge is 0.480 e. The molecule has 1 rings (SSSR count). The van der Waals surface area contributed by atoms with Crippen LogP contribution in [-0.2, 0) is 14.9 Å². The summed E-state index contributed by atoms with van der Waals surface area (Å²) >= 11 is 0. The lowest BCUT2D eigenvalue weighted by Gasteiger charge is -2.09. The Morgan fingerprint density at radius 3 is 2.31 bits per heavy atom. The van der Waals surface area contributed by atoms with Gasteiger partial charge in [0.2, 0.25) is 0 Å². The third-order valence-corrected chi connectivity index (χ3v) is 3.19. The van der Waals surface area contributed by atoms with Crippen LogP contribution < -0.4 is 5.32 Å². The molecule has 13 heavy (non-hydrogen) atoms. The number of carboxylic acid groups (broad SMARTS) is 1. The van der Waals surface area contributed by atoms with Crippen LogP contribution in [0.3, 0.4) is 0 Å². The molecular weight excluding hydrogens is 198 g/mol. The van der Waals surface area contributed by atoms with Crippen molar-refractivity contribution >= 4 is 16.1 Å². The zero-order valence-electron chi connectivity index (χ0n) is 6.97. The lowest BCUT2D eigenvalue weighted by atomic mass is 10.0. The van der Waals surface area contributed by atoms with Crippen molar-refractivity contribution in [1.29, 1.82) is 0 Å². The Hall–Kier alpha value is -0.660. The first-order valence-corrected chi connectivity index (χ1v) is 5.28. The number of rotatable bonds is 2. The molecule has 7 heteroatoms. The second-order valence-corrected chi connectivity index (χ2v) is 4.80. The molecular formula is C6H11NO5S. The SMILES string of the molecule is C[C@H]1C[C@H](S(=O)(=O)O)N[C@H]1C(=O)O. The minimum atomic E-state index is -4.18. The Kier molecular flexibility index (Phi) is 2.60. The van der Waals surface area contributed by atoms with Crippen molar-refractivity contribution in [3.63, 3.8) is 0 Å². The summed E-state index contributed by atoms with van der Waals surface area (Å²) in [6, 6.07) is -0.896. The number of aliphatic carboxylic acids is 1. The maximum Gasteiger partial charge on any atom is 0.321 e. The van der Waals surface area contributed by atoms with Gasteiger partial charge >= 0.3 is 5.97 Å². The van der Waals surface area contributed by atoms with E-state index >= 15 is 0 Å². The highest BCUT2D eigenvalue weighted by Gasteiger charge is 2.40. The van der Waals surface area contributed by atoms with Gasteiger partial charge in [0.25, 0.3) is 10.1 Å². The van der Waals surface area contributed by atoms with Gasteiger partial charge in [-0.05, 0) is 12.3 Å². The van der Waals surface area contributed by atoms with Crippen LogP contribution in [0.25, 0.3) is 0 Å². The molecule has 3 atom stereocenters. The lowest BCUT2D eigenvalue weighted by Crippen LogP contribution is -2.40. The number of carbonyl (C=O) groups is 1. The molecule has 0 bridgehead atoms. The van der Waals surface area contributed by atoms with E-state index in [-0.39, 0.29) is 12.3 Å². The van der Waals surface area contributed by atoms with Crippen LogP contribution in [0.5, 0.6) is 0 Å². The molecule has 1 saturated heterocycles. The molecule has 3 N–H and O–H groups in total. The fraction of sp³-hybridized carbons (Fsp3) is 0.833. The highest BCUT2D eigenvalue weighted by atomic mass is 32.2. The van der Waals surface area contributed by atoms with Gasteiger partial charge in [-0.25, -0.2) is 0 Å². The van der Waals surface area contributed by atoms with E-state index < -0.39 is 27.5 Å². The van der Waals surface area contributed by atoms with Crippen LogP contribution >= 0.6 is 0 Å². The Balaban J connectivity index is 2.77. The van der Waals surface area contributed by atoms with Crippen molar-refractivity contribution in [2.24, 2.45) is 5.92 Å². The summed E-state index contributed by atoms with van der Waals surface area (Å²) in [5.74, 6) is -1.40. The first-order chi connectivity index (χ1) is 5.82. The van der Waals surface area contributed by atoms with Crippen LogP contribution in [0.4, 0.5) is 0 Å². The summed E-state index contributed by atoms with van der Waals surface area (Å²) in [6.45, 7) is 1.62. The zero-order chi connectivity index (χ0) is 10.2. The number of nitrogens with one attached hydrogen (secondary N) is 1. The molecule has 0 spiro atoms. The zero-order valence-corrected chi connectivity index (χ0v) is 7.78. The Morgan fingerprint density at radius 1 is 1.54 bits per heavy atom. The van der Waals surface area contributed by atoms with Crippen molar-refractivity contribution in [2.45, 2.75) is 24.8 Å². The highest BCUT2D eigenvalue weighted by Crippen LogP contribution is 2.22. The molecule has 76 valence electrons. The smallest absolute Gasteiger partial charge is 0.321 e. The average molecular weight is 209 g/mol. The van der Waals surface area contributed by atoms with E-state index in [0.717, 1.165) is 0 Å². The summed E-state index contributed by atoms with van der Waals surface area (Å²) in [5, 5.41) is 9.82. The third-order valence-electron chi connectivity index (χ3n) is 2.15. The van der Waals surface area contributed by atoms with Crippen LogP contribution in [0, 0.1) is 5.92 Å². The van der Waals surface area contributed by atoms with Gasteiger partial charge in [-0.2, -0.15) is 8.42 Å². The normalized spacial score (nSPS) is 34.8. The quantitative estimate of drug-likeness (QED) is 0.519. The Morgan fingerprint density at radius 2 is 2.08 bits per heavy atom. The van der Waals surface area contributed by atoms with Crippen LogP contribution in [0.15, 0.2) is 0 Å². The molecule has 1 fully saturated rings. The minimum Gasteiger partial charge on any atom is -0.480 e. The van der Waals surface area contributed by atoms with Crippen LogP contribution in [0.1, 0.15) is 13.3 Å². The first kappa shape index (κ1) is 10.4. The molecule has 0 saturated carbocycles. The molecule has 0 unspecified atom stereocenters. The average Bonchev–Trinajstić information content (AvgIpc) is 2.29. The maximum absolute atomic E-state index is 10.6. The molecule has 0 aliphatic carbocycles. The second kappa shape index (κ2) is 3.24. The topological polar surface area (TPSA) is 104 Å². The highest BCUT2D eigenvalue weighted by molar-refractivity contribution is 7.86. The van der Waals surface area contributed by atoms with E-state index in [1.54, 1.807) is 6.92 Å². The maximum atomic E-state index is 10.6. The van der Waals surface area contributed by atoms with Gasteiger partial charge in [-0.15, -0.1) is 0 Å². The predicted molar refractivity (Wildman–Crippen MR) is 43.7 cm³/mol. The van der Waals surface area contributed by atoms with Crippen molar-refractivity contribution in [2.75, 3.05) is 0 Å². The first-order valence-electron chi connectivity index (χ1n) is 3.77. The fourth-order valence-electron chi connectivity index (χ4n) is 1.43. The molecule has 1 aliphatic rings. The van der Waals surface area contributed by atoms with E-state index in [4.69, 9.17) is 9.66 Å². The van der Waals surface area contributed by atoms with Crippen molar-refractivity contribution in [3.8, 4) is 0 Å². The van der Waals surface area contributed by atoms with Crippen molar-refractivity contribution < 1.29 is 22.9 Å². The number of carboxylic acids is 1. The molecule has 0 aromatic carbocycles. The molecule has 0 aromatic heterocycles. The van der Waals surface area contributed by atoms with Gasteiger partial charge < -0.3 is 5.11 Å². The summed E-state index contributed by atoms with van der Waals surface area (Å²) < 4.78 is 29.9. The van der Waals surface area contributed by atoms with E-state index in [1.807, 2.05) is 0 Å². The fourth-order valence-corrected chi connectivity index (χ4v) is 2.29. The molecule has 0 amide bonds. The van der Waals surface area contributed by atoms with Gasteiger partial charge in [-0.3, -0.25) is 14.7 Å². The lowest BCUT2D eigenvalue weighted by molar-refractivity contribution is -0.139. The summed E-state index contributed by atoms with van der Waals surface area (Å²) in [5.41, 5.74) is 0. The second-order valence-electron chi connectivity index (χ2n) is 3.20. The van der Waals surface area contributed by atoms with Gasteiger partial charge in [-0.1, -0.05) is 6.92 Å². The van der Waals surface area contributed by atoms with Gasteiger partial charge in [0.1, 0.15) is 11.4 Å². The summed E-state index contributed by atoms with van der Waals surface area (Å²) in [7, 11) is -4.18. The third kappa shape index (κ3) is 2.17. The molecule has 6 nitrogen and oxygen atoms in total. The molecule has 0 aromatic rings. The van der Waals surface area contributed by atoms with E-state index in [0.29, 0.717) is 0 Å². The minimum absolute atomic E-state index is 0.121. The van der Waals surface area contributed by atoms with Gasteiger partial charge in [0.15, 0.2) is 0 Å². The molecule has 0 radical (unpaired) electrons. The molecule has 1 heterocycles. The molecule has 1 aliphatic heterocycles. The summed E-state index contributed by atoms with van der Waals surface area (Å²) in [6.07, 6.45) is 0.121. The van der Waals surface area contributed by atoms with Gasteiger partial charge in [0.05, 0.1) is 0 Å². The number of hydrogen-bond donors (Lipinski definition) is 3. The van der Waals surface area contributed by atoms with E-state index in [1.165, 1.54) is 0 Å². The predicted octanol–water partition coefficient (Wildman–Crippen LogP) is -0.717. The Labute approximate surface area is 75.7 Å². The van der Waals surface area contributed by atoms with Crippen LogP contribution in [0.2, 0.25) is 0 Å². The number of hydrogen-bond acceptors (Lipinski definition) is 4. The Bertz CT molecular complexity index is 311. The standard InChI is InChI=1S/C6H11NO5S/c1-3-2-4(13(10,11)12)7-5(3)6(8)9/h3-5,7H,2H2,1H3,(H,8,9)(H,10,11,12)/t3-,4-,5+/m0/s1. The van der Waals surface area contributed by atoms with Crippen LogP contribution in [-0.4, -0.2) is 35.5 Å².